The Morgan fingerprint density at radius 1 is 1.12 bits per heavy atom. The van der Waals surface area contributed by atoms with E-state index in [-0.39, 0.29) is 25.1 Å². The van der Waals surface area contributed by atoms with Gasteiger partial charge in [0.1, 0.15) is 5.75 Å². The van der Waals surface area contributed by atoms with Crippen LogP contribution in [0.1, 0.15) is 76.3 Å². The largest absolute Gasteiger partial charge is 0.482 e. The first-order valence-corrected chi connectivity index (χ1v) is 12.6. The summed E-state index contributed by atoms with van der Waals surface area (Å²) in [4.78, 5) is 22.6. The van der Waals surface area contributed by atoms with E-state index in [1.807, 2.05) is 12.1 Å². The third kappa shape index (κ3) is 7.46. The number of fused-ring (bicyclic) bond motifs is 2. The van der Waals surface area contributed by atoms with Crippen LogP contribution in [0.15, 0.2) is 18.2 Å². The van der Waals surface area contributed by atoms with Gasteiger partial charge in [-0.15, -0.1) is 0 Å². The number of hydrogen-bond acceptors (Lipinski definition) is 5. The molecule has 33 heavy (non-hydrogen) atoms. The highest BCUT2D eigenvalue weighted by molar-refractivity contribution is 5.71. The molecule has 0 bridgehead atoms. The number of benzene rings is 1. The summed E-state index contributed by atoms with van der Waals surface area (Å²) < 4.78 is 11.1. The van der Waals surface area contributed by atoms with Crippen molar-refractivity contribution in [3.63, 3.8) is 0 Å². The lowest BCUT2D eigenvalue weighted by molar-refractivity contribution is -0.146. The fraction of sp³-hybridized carbons (Fsp3) is 0.704. The minimum Gasteiger partial charge on any atom is -0.482 e. The van der Waals surface area contributed by atoms with Crippen molar-refractivity contribution < 1.29 is 29.3 Å². The summed E-state index contributed by atoms with van der Waals surface area (Å²) in [5.74, 6) is 1.95. The summed E-state index contributed by atoms with van der Waals surface area (Å²) in [5.41, 5.74) is 2.57. The lowest BCUT2D eigenvalue weighted by Gasteiger charge is -2.32. The summed E-state index contributed by atoms with van der Waals surface area (Å²) in [5, 5.41) is 18.9. The zero-order valence-corrected chi connectivity index (χ0v) is 20.1. The van der Waals surface area contributed by atoms with Crippen LogP contribution in [0.2, 0.25) is 0 Å². The number of aliphatic carboxylic acids is 1. The number of ether oxygens (including phenoxy) is 2. The van der Waals surface area contributed by atoms with Gasteiger partial charge < -0.3 is 19.7 Å². The smallest absolute Gasteiger partial charge is 0.344 e. The van der Waals surface area contributed by atoms with Crippen molar-refractivity contribution in [2.75, 3.05) is 13.2 Å². The summed E-state index contributed by atoms with van der Waals surface area (Å²) in [6.45, 7) is 4.36. The molecule has 0 heterocycles. The van der Waals surface area contributed by atoms with Crippen molar-refractivity contribution in [3.8, 4) is 5.75 Å². The van der Waals surface area contributed by atoms with E-state index >= 15 is 0 Å². The van der Waals surface area contributed by atoms with Crippen molar-refractivity contribution in [2.45, 2.75) is 84.2 Å². The van der Waals surface area contributed by atoms with Gasteiger partial charge in [0.05, 0.1) is 12.7 Å². The van der Waals surface area contributed by atoms with Crippen LogP contribution >= 0.6 is 0 Å². The standard InChI is InChI=1S/C27H40O6/c1-18(2)24(28)13-12-19-10-11-21-16-23-20(15-22(19)21)7-6-8-25(23)33-17-27(31)32-14-5-3-4-9-26(29)30/h6-8,18-19,21-22,24,28H,3-5,9-17H2,1-2H3,(H,29,30). The number of rotatable bonds is 13. The van der Waals surface area contributed by atoms with Crippen LogP contribution in [0, 0.1) is 23.7 Å². The Kier molecular flexibility index (Phi) is 9.60. The molecular weight excluding hydrogens is 420 g/mol. The first kappa shape index (κ1) is 25.5. The van der Waals surface area contributed by atoms with Crippen LogP contribution in [-0.4, -0.2) is 41.5 Å². The molecule has 184 valence electrons. The number of aliphatic hydroxyl groups is 1. The number of unbranched alkanes of at least 4 members (excludes halogenated alkanes) is 2. The highest BCUT2D eigenvalue weighted by Gasteiger charge is 2.40. The van der Waals surface area contributed by atoms with Gasteiger partial charge in [0.25, 0.3) is 0 Å². The van der Waals surface area contributed by atoms with Crippen LogP contribution in [-0.2, 0) is 27.2 Å². The van der Waals surface area contributed by atoms with Crippen LogP contribution in [0.3, 0.4) is 0 Å². The molecule has 2 aliphatic rings. The molecule has 0 radical (unpaired) electrons. The van der Waals surface area contributed by atoms with E-state index in [4.69, 9.17) is 14.6 Å². The van der Waals surface area contributed by atoms with E-state index in [9.17, 15) is 14.7 Å². The van der Waals surface area contributed by atoms with Crippen molar-refractivity contribution in [2.24, 2.45) is 23.7 Å². The van der Waals surface area contributed by atoms with E-state index in [0.717, 1.165) is 37.9 Å². The number of hydrogen-bond donors (Lipinski definition) is 2. The molecule has 0 aliphatic heterocycles. The molecule has 1 aromatic carbocycles. The monoisotopic (exact) mass is 460 g/mol. The molecule has 0 saturated heterocycles. The van der Waals surface area contributed by atoms with Crippen molar-refractivity contribution in [1.29, 1.82) is 0 Å². The van der Waals surface area contributed by atoms with Crippen molar-refractivity contribution in [1.82, 2.24) is 0 Å². The van der Waals surface area contributed by atoms with Gasteiger partial charge in [-0.3, -0.25) is 4.79 Å². The van der Waals surface area contributed by atoms with Gasteiger partial charge in [-0.25, -0.2) is 4.79 Å². The van der Waals surface area contributed by atoms with E-state index in [2.05, 4.69) is 19.9 Å². The quantitative estimate of drug-likeness (QED) is 0.325. The minimum atomic E-state index is -0.795. The Labute approximate surface area is 197 Å². The maximum Gasteiger partial charge on any atom is 0.344 e. The summed E-state index contributed by atoms with van der Waals surface area (Å²) in [6.07, 6.45) is 8.46. The first-order chi connectivity index (χ1) is 15.8. The molecular formula is C27H40O6. The van der Waals surface area contributed by atoms with E-state index in [1.54, 1.807) is 0 Å². The summed E-state index contributed by atoms with van der Waals surface area (Å²) in [6, 6.07) is 6.14. The van der Waals surface area contributed by atoms with Gasteiger partial charge in [0.2, 0.25) is 0 Å². The van der Waals surface area contributed by atoms with Crippen LogP contribution in [0.4, 0.5) is 0 Å². The lowest BCUT2D eigenvalue weighted by Crippen LogP contribution is -2.27. The molecule has 2 N–H and O–H groups in total. The normalized spacial score (nSPS) is 22.5. The number of carbonyl (C=O) groups excluding carboxylic acids is 1. The second-order valence-corrected chi connectivity index (χ2v) is 10.2. The molecule has 6 nitrogen and oxygen atoms in total. The third-order valence-electron chi connectivity index (χ3n) is 7.52. The first-order valence-electron chi connectivity index (χ1n) is 12.6. The highest BCUT2D eigenvalue weighted by Crippen LogP contribution is 2.48. The topological polar surface area (TPSA) is 93.1 Å². The molecule has 1 saturated carbocycles. The zero-order chi connectivity index (χ0) is 23.8. The second kappa shape index (κ2) is 12.4. The summed E-state index contributed by atoms with van der Waals surface area (Å²) >= 11 is 0. The van der Waals surface area contributed by atoms with Crippen LogP contribution in [0.25, 0.3) is 0 Å². The highest BCUT2D eigenvalue weighted by atomic mass is 16.6. The maximum absolute atomic E-state index is 12.1. The predicted molar refractivity (Wildman–Crippen MR) is 126 cm³/mol. The van der Waals surface area contributed by atoms with Crippen LogP contribution in [0.5, 0.6) is 5.75 Å². The number of aliphatic hydroxyl groups excluding tert-OH is 1. The fourth-order valence-electron chi connectivity index (χ4n) is 5.51. The van der Waals surface area contributed by atoms with Crippen molar-refractivity contribution in [3.05, 3.63) is 29.3 Å². The van der Waals surface area contributed by atoms with Gasteiger partial charge >= 0.3 is 11.9 Å². The SMILES string of the molecule is CC(C)C(O)CCC1CCC2Cc3c(cccc3OCC(=O)OCCCCCC(=O)O)CC12. The Balaban J connectivity index is 1.46. The predicted octanol–water partition coefficient (Wildman–Crippen LogP) is 4.79. The molecule has 0 spiro atoms. The second-order valence-electron chi connectivity index (χ2n) is 10.2. The third-order valence-corrected chi connectivity index (χ3v) is 7.52. The molecule has 4 atom stereocenters. The Morgan fingerprint density at radius 2 is 1.94 bits per heavy atom. The number of carboxylic acid groups (broad SMARTS) is 1. The van der Waals surface area contributed by atoms with Gasteiger partial charge in [-0.05, 0) is 98.7 Å². The average molecular weight is 461 g/mol. The lowest BCUT2D eigenvalue weighted by atomic mass is 9.73. The number of carboxylic acids is 1. The fourth-order valence-corrected chi connectivity index (χ4v) is 5.51. The van der Waals surface area contributed by atoms with Gasteiger partial charge in [0, 0.05) is 6.42 Å². The molecule has 0 amide bonds. The Morgan fingerprint density at radius 3 is 2.70 bits per heavy atom. The van der Waals surface area contributed by atoms with Crippen LogP contribution < -0.4 is 4.74 Å². The Hall–Kier alpha value is -2.08. The Bertz CT molecular complexity index is 789. The molecule has 4 unspecified atom stereocenters. The molecule has 0 aromatic heterocycles. The molecule has 1 aromatic rings. The van der Waals surface area contributed by atoms with E-state index in [0.29, 0.717) is 43.1 Å². The number of carbonyl (C=O) groups is 2. The van der Waals surface area contributed by atoms with Crippen molar-refractivity contribution >= 4 is 11.9 Å². The minimum absolute atomic E-state index is 0.102. The van der Waals surface area contributed by atoms with Gasteiger partial charge in [-0.1, -0.05) is 26.0 Å². The molecule has 6 heteroatoms. The summed E-state index contributed by atoms with van der Waals surface area (Å²) in [7, 11) is 0. The van der Waals surface area contributed by atoms with E-state index in [1.165, 1.54) is 24.0 Å². The molecule has 3 rings (SSSR count). The zero-order valence-electron chi connectivity index (χ0n) is 20.1. The molecule has 1 fully saturated rings. The molecule has 2 aliphatic carbocycles. The maximum atomic E-state index is 12.1. The number of esters is 1. The van der Waals surface area contributed by atoms with E-state index < -0.39 is 5.97 Å². The van der Waals surface area contributed by atoms with Gasteiger partial charge in [0.15, 0.2) is 6.61 Å². The average Bonchev–Trinajstić information content (AvgIpc) is 3.18. The van der Waals surface area contributed by atoms with Gasteiger partial charge in [-0.2, -0.15) is 0 Å².